The minimum absolute atomic E-state index is 0.0143. The molecule has 0 saturated carbocycles. The van der Waals surface area contributed by atoms with Crippen LogP contribution >= 0.6 is 0 Å². The van der Waals surface area contributed by atoms with Crippen LogP contribution in [0.2, 0.25) is 0 Å². The van der Waals surface area contributed by atoms with Gasteiger partial charge in [-0.05, 0) is 49.2 Å². The lowest BCUT2D eigenvalue weighted by Crippen LogP contribution is -2.44. The Hall–Kier alpha value is -2.84. The van der Waals surface area contributed by atoms with Crippen LogP contribution in [-0.2, 0) is 27.9 Å². The molecule has 1 aromatic carbocycles. The number of rotatable bonds is 7. The monoisotopic (exact) mass is 428 g/mol. The van der Waals surface area contributed by atoms with Gasteiger partial charge in [-0.2, -0.15) is 4.31 Å². The fourth-order valence-corrected chi connectivity index (χ4v) is 5.23. The third kappa shape index (κ3) is 4.49. The molecular formula is C22H24N2O5S. The Morgan fingerprint density at radius 1 is 0.900 bits per heavy atom. The smallest absolute Gasteiger partial charge is 0.243 e. The zero-order chi connectivity index (χ0) is 21.0. The van der Waals surface area contributed by atoms with E-state index in [1.165, 1.54) is 4.31 Å². The summed E-state index contributed by atoms with van der Waals surface area (Å²) < 4.78 is 38.0. The van der Waals surface area contributed by atoms with Crippen LogP contribution in [0.5, 0.6) is 0 Å². The van der Waals surface area contributed by atoms with E-state index in [-0.39, 0.29) is 16.7 Å². The second-order valence-corrected chi connectivity index (χ2v) is 9.28. The number of nitrogens with zero attached hydrogens (tertiary/aromatic N) is 2. The Balaban J connectivity index is 1.43. The van der Waals surface area contributed by atoms with E-state index in [0.717, 1.165) is 0 Å². The Labute approximate surface area is 175 Å². The van der Waals surface area contributed by atoms with Crippen LogP contribution in [0.4, 0.5) is 0 Å². The maximum Gasteiger partial charge on any atom is 0.243 e. The van der Waals surface area contributed by atoms with E-state index >= 15 is 0 Å². The minimum atomic E-state index is -3.54. The van der Waals surface area contributed by atoms with Crippen LogP contribution < -0.4 is 0 Å². The summed E-state index contributed by atoms with van der Waals surface area (Å²) in [5, 5.41) is 0. The molecule has 8 heteroatoms. The van der Waals surface area contributed by atoms with Gasteiger partial charge in [0.05, 0.1) is 30.5 Å². The molecule has 0 aliphatic carbocycles. The zero-order valence-corrected chi connectivity index (χ0v) is 17.3. The van der Waals surface area contributed by atoms with Gasteiger partial charge in [-0.15, -0.1) is 0 Å². The molecule has 1 aliphatic rings. The molecule has 7 nitrogen and oxygen atoms in total. The maximum absolute atomic E-state index is 13.3. The summed E-state index contributed by atoms with van der Waals surface area (Å²) in [7, 11) is -3.54. The van der Waals surface area contributed by atoms with Gasteiger partial charge in [0.25, 0.3) is 0 Å². The van der Waals surface area contributed by atoms with Crippen molar-refractivity contribution >= 4 is 15.9 Å². The summed E-state index contributed by atoms with van der Waals surface area (Å²) in [6, 6.07) is 15.7. The highest BCUT2D eigenvalue weighted by molar-refractivity contribution is 7.89. The first-order chi connectivity index (χ1) is 14.5. The first kappa shape index (κ1) is 20.4. The van der Waals surface area contributed by atoms with Crippen molar-refractivity contribution in [1.82, 2.24) is 9.21 Å². The highest BCUT2D eigenvalue weighted by Gasteiger charge is 2.34. The Morgan fingerprint density at radius 2 is 1.47 bits per heavy atom. The second-order valence-electron chi connectivity index (χ2n) is 7.34. The van der Waals surface area contributed by atoms with Gasteiger partial charge in [0.15, 0.2) is 0 Å². The minimum Gasteiger partial charge on any atom is -0.467 e. The number of carbonyl (C=O) groups is 1. The first-order valence-electron chi connectivity index (χ1n) is 9.93. The van der Waals surface area contributed by atoms with E-state index in [4.69, 9.17) is 8.83 Å². The summed E-state index contributed by atoms with van der Waals surface area (Å²) in [4.78, 5) is 15.2. The second kappa shape index (κ2) is 8.89. The normalized spacial score (nSPS) is 15.9. The van der Waals surface area contributed by atoms with Crippen LogP contribution in [0.15, 0.2) is 80.9 Å². The molecule has 3 heterocycles. The lowest BCUT2D eigenvalue weighted by atomic mass is 9.96. The highest BCUT2D eigenvalue weighted by atomic mass is 32.2. The standard InChI is InChI=1S/C22H24N2O5S/c25-22(23(16-19-6-4-14-28-19)17-20-7-5-15-29-20)18-10-12-24(13-11-18)30(26,27)21-8-2-1-3-9-21/h1-9,14-15,18H,10-13,16-17H2. The number of amides is 1. The van der Waals surface area contributed by atoms with Crippen molar-refractivity contribution in [3.05, 3.63) is 78.6 Å². The van der Waals surface area contributed by atoms with Gasteiger partial charge < -0.3 is 13.7 Å². The number of sulfonamides is 1. The molecule has 0 spiro atoms. The molecule has 158 valence electrons. The van der Waals surface area contributed by atoms with Gasteiger partial charge in [-0.3, -0.25) is 4.79 Å². The van der Waals surface area contributed by atoms with Gasteiger partial charge in [0, 0.05) is 19.0 Å². The number of piperidine rings is 1. The average Bonchev–Trinajstić information content (AvgIpc) is 3.48. The van der Waals surface area contributed by atoms with E-state index in [9.17, 15) is 13.2 Å². The molecule has 1 saturated heterocycles. The molecule has 0 atom stereocenters. The van der Waals surface area contributed by atoms with Gasteiger partial charge >= 0.3 is 0 Å². The molecule has 1 amide bonds. The molecule has 2 aromatic heterocycles. The van der Waals surface area contributed by atoms with Crippen molar-refractivity contribution in [2.75, 3.05) is 13.1 Å². The van der Waals surface area contributed by atoms with Crippen LogP contribution in [-0.4, -0.2) is 36.6 Å². The highest BCUT2D eigenvalue weighted by Crippen LogP contribution is 2.26. The largest absolute Gasteiger partial charge is 0.467 e. The fourth-order valence-electron chi connectivity index (χ4n) is 3.74. The van der Waals surface area contributed by atoms with Gasteiger partial charge in [-0.1, -0.05) is 18.2 Å². The van der Waals surface area contributed by atoms with Crippen molar-refractivity contribution in [3.63, 3.8) is 0 Å². The fraction of sp³-hybridized carbons (Fsp3) is 0.318. The van der Waals surface area contributed by atoms with Crippen LogP contribution in [0.1, 0.15) is 24.4 Å². The van der Waals surface area contributed by atoms with Crippen molar-refractivity contribution in [2.24, 2.45) is 5.92 Å². The summed E-state index contributed by atoms with van der Waals surface area (Å²) in [5.74, 6) is 1.13. The van der Waals surface area contributed by atoms with Crippen molar-refractivity contribution in [2.45, 2.75) is 30.8 Å². The van der Waals surface area contributed by atoms with Crippen molar-refractivity contribution in [1.29, 1.82) is 0 Å². The maximum atomic E-state index is 13.3. The molecule has 1 fully saturated rings. The topological polar surface area (TPSA) is 84.0 Å². The molecule has 4 rings (SSSR count). The van der Waals surface area contributed by atoms with Crippen LogP contribution in [0.3, 0.4) is 0 Å². The summed E-state index contributed by atoms with van der Waals surface area (Å²) >= 11 is 0. The van der Waals surface area contributed by atoms with Crippen LogP contribution in [0, 0.1) is 5.92 Å². The predicted molar refractivity (Wildman–Crippen MR) is 110 cm³/mol. The number of carbonyl (C=O) groups excluding carboxylic acids is 1. The SMILES string of the molecule is O=C(C1CCN(S(=O)(=O)c2ccccc2)CC1)N(Cc1ccco1)Cc1ccco1. The Morgan fingerprint density at radius 3 is 1.97 bits per heavy atom. The number of furan rings is 2. The number of benzene rings is 1. The molecule has 0 N–H and O–H groups in total. The van der Waals surface area contributed by atoms with E-state index in [0.29, 0.717) is 50.5 Å². The molecule has 3 aromatic rings. The molecule has 0 unspecified atom stereocenters. The summed E-state index contributed by atoms with van der Waals surface area (Å²) in [6.07, 6.45) is 4.13. The summed E-state index contributed by atoms with van der Waals surface area (Å²) in [6.45, 7) is 1.33. The molecule has 30 heavy (non-hydrogen) atoms. The van der Waals surface area contributed by atoms with Gasteiger partial charge in [-0.25, -0.2) is 8.42 Å². The van der Waals surface area contributed by atoms with E-state index in [1.54, 1.807) is 59.9 Å². The quantitative estimate of drug-likeness (QED) is 0.575. The molecular weight excluding hydrogens is 404 g/mol. The lowest BCUT2D eigenvalue weighted by Gasteiger charge is -2.33. The predicted octanol–water partition coefficient (Wildman–Crippen LogP) is 3.50. The van der Waals surface area contributed by atoms with Crippen molar-refractivity contribution in [3.8, 4) is 0 Å². The van der Waals surface area contributed by atoms with E-state index in [2.05, 4.69) is 0 Å². The Kier molecular flexibility index (Phi) is 6.06. The number of hydrogen-bond acceptors (Lipinski definition) is 5. The van der Waals surface area contributed by atoms with E-state index < -0.39 is 10.0 Å². The average molecular weight is 429 g/mol. The molecule has 0 radical (unpaired) electrons. The van der Waals surface area contributed by atoms with Gasteiger partial charge in [0.2, 0.25) is 15.9 Å². The van der Waals surface area contributed by atoms with Crippen molar-refractivity contribution < 1.29 is 22.0 Å². The van der Waals surface area contributed by atoms with E-state index in [1.807, 2.05) is 12.1 Å². The Bertz CT molecular complexity index is 1000. The summed E-state index contributed by atoms with van der Waals surface area (Å²) in [5.41, 5.74) is 0. The number of hydrogen-bond donors (Lipinski definition) is 0. The molecule has 1 aliphatic heterocycles. The first-order valence-corrected chi connectivity index (χ1v) is 11.4. The zero-order valence-electron chi connectivity index (χ0n) is 16.5. The third-order valence-electron chi connectivity index (χ3n) is 5.35. The third-order valence-corrected chi connectivity index (χ3v) is 7.26. The lowest BCUT2D eigenvalue weighted by molar-refractivity contribution is -0.138. The molecule has 0 bridgehead atoms. The van der Waals surface area contributed by atoms with Gasteiger partial charge in [0.1, 0.15) is 11.5 Å². The van der Waals surface area contributed by atoms with Crippen LogP contribution in [0.25, 0.3) is 0 Å².